The van der Waals surface area contributed by atoms with Crippen molar-refractivity contribution in [2.45, 2.75) is 19.1 Å². The summed E-state index contributed by atoms with van der Waals surface area (Å²) in [6.07, 6.45) is -2.85. The summed E-state index contributed by atoms with van der Waals surface area (Å²) in [6.45, 7) is 6.58. The van der Waals surface area contributed by atoms with E-state index in [1.807, 2.05) is 34.9 Å². The summed E-state index contributed by atoms with van der Waals surface area (Å²) in [7, 11) is 2.10. The van der Waals surface area contributed by atoms with Crippen LogP contribution in [0, 0.1) is 0 Å². The van der Waals surface area contributed by atoms with Crippen molar-refractivity contribution in [3.63, 3.8) is 0 Å². The maximum atomic E-state index is 13.5. The van der Waals surface area contributed by atoms with Crippen molar-refractivity contribution in [1.29, 1.82) is 0 Å². The molecular formula is C22H26F3N5. The number of piperazine rings is 1. The van der Waals surface area contributed by atoms with Crippen LogP contribution in [0.15, 0.2) is 48.8 Å². The van der Waals surface area contributed by atoms with E-state index >= 15 is 0 Å². The van der Waals surface area contributed by atoms with Crippen LogP contribution < -0.4 is 5.32 Å². The summed E-state index contributed by atoms with van der Waals surface area (Å²) in [5, 5.41) is 3.29. The van der Waals surface area contributed by atoms with Gasteiger partial charge in [-0.3, -0.25) is 9.47 Å². The molecule has 2 aromatic carbocycles. The second kappa shape index (κ2) is 8.28. The van der Waals surface area contributed by atoms with E-state index in [2.05, 4.69) is 34.1 Å². The van der Waals surface area contributed by atoms with Gasteiger partial charge in [-0.15, -0.1) is 0 Å². The van der Waals surface area contributed by atoms with Crippen LogP contribution in [-0.2, 0) is 6.18 Å². The molecule has 1 N–H and O–H groups in total. The molecule has 30 heavy (non-hydrogen) atoms. The third kappa shape index (κ3) is 4.29. The van der Waals surface area contributed by atoms with Crippen LogP contribution >= 0.6 is 0 Å². The van der Waals surface area contributed by atoms with E-state index in [-0.39, 0.29) is 6.04 Å². The first-order valence-electron chi connectivity index (χ1n) is 10.1. The second-order valence-electron chi connectivity index (χ2n) is 7.91. The van der Waals surface area contributed by atoms with E-state index in [0.29, 0.717) is 23.3 Å². The molecule has 1 unspecified atom stereocenters. The van der Waals surface area contributed by atoms with Crippen LogP contribution in [0.5, 0.6) is 0 Å². The average Bonchev–Trinajstić information content (AvgIpc) is 3.16. The van der Waals surface area contributed by atoms with E-state index in [1.54, 1.807) is 6.33 Å². The van der Waals surface area contributed by atoms with E-state index < -0.39 is 11.7 Å². The summed E-state index contributed by atoms with van der Waals surface area (Å²) in [6, 6.07) is 12.0. The summed E-state index contributed by atoms with van der Waals surface area (Å²) >= 11 is 0. The molecule has 4 rings (SSSR count). The number of alkyl halides is 3. The van der Waals surface area contributed by atoms with Crippen LogP contribution in [0.2, 0.25) is 0 Å². The lowest BCUT2D eigenvalue weighted by molar-refractivity contribution is -0.137. The number of aromatic nitrogens is 2. The lowest BCUT2D eigenvalue weighted by Crippen LogP contribution is -2.49. The quantitative estimate of drug-likeness (QED) is 0.678. The Morgan fingerprint density at radius 1 is 1.07 bits per heavy atom. The highest BCUT2D eigenvalue weighted by Gasteiger charge is 2.32. The molecule has 1 atom stereocenters. The van der Waals surface area contributed by atoms with Crippen molar-refractivity contribution >= 4 is 16.7 Å². The van der Waals surface area contributed by atoms with Gasteiger partial charge in [0.2, 0.25) is 0 Å². The highest BCUT2D eigenvalue weighted by molar-refractivity contribution is 5.91. The Morgan fingerprint density at radius 3 is 2.43 bits per heavy atom. The number of likely N-dealkylation sites (N-methyl/N-ethyl adjacent to an activating group) is 1. The molecule has 1 aromatic heterocycles. The maximum absolute atomic E-state index is 13.5. The largest absolute Gasteiger partial charge is 0.416 e. The van der Waals surface area contributed by atoms with E-state index in [9.17, 15) is 13.2 Å². The molecule has 0 saturated carbocycles. The van der Waals surface area contributed by atoms with Crippen molar-refractivity contribution in [2.75, 3.05) is 45.1 Å². The van der Waals surface area contributed by atoms with Crippen LogP contribution in [0.3, 0.4) is 0 Å². The second-order valence-corrected chi connectivity index (χ2v) is 7.91. The fourth-order valence-corrected chi connectivity index (χ4v) is 3.88. The predicted molar refractivity (Wildman–Crippen MR) is 113 cm³/mol. The smallest absolute Gasteiger partial charge is 0.382 e. The van der Waals surface area contributed by atoms with Gasteiger partial charge in [0.1, 0.15) is 6.33 Å². The van der Waals surface area contributed by atoms with E-state index in [1.165, 1.54) is 6.07 Å². The van der Waals surface area contributed by atoms with Crippen LogP contribution in [-0.4, -0.2) is 65.2 Å². The van der Waals surface area contributed by atoms with Gasteiger partial charge in [-0.05, 0) is 38.2 Å². The van der Waals surface area contributed by atoms with Crippen molar-refractivity contribution in [3.8, 4) is 5.69 Å². The van der Waals surface area contributed by atoms with Gasteiger partial charge in [-0.2, -0.15) is 13.2 Å². The number of hydrogen-bond donors (Lipinski definition) is 1. The lowest BCUT2D eigenvalue weighted by atomic mass is 10.1. The van der Waals surface area contributed by atoms with E-state index in [4.69, 9.17) is 0 Å². The van der Waals surface area contributed by atoms with Gasteiger partial charge in [0.25, 0.3) is 0 Å². The van der Waals surface area contributed by atoms with Gasteiger partial charge in [-0.25, -0.2) is 4.98 Å². The fourth-order valence-electron chi connectivity index (χ4n) is 3.88. The fraction of sp³-hybridized carbons (Fsp3) is 0.409. The SMILES string of the molecule is CC(CNc1cc(C(F)(F)F)cc2ncn(-c3ccccc3)c12)N1CCN(C)CC1. The average molecular weight is 417 g/mol. The number of imidazole rings is 1. The molecular weight excluding hydrogens is 391 g/mol. The third-order valence-electron chi connectivity index (χ3n) is 5.75. The van der Waals surface area contributed by atoms with Crippen molar-refractivity contribution in [2.24, 2.45) is 0 Å². The lowest BCUT2D eigenvalue weighted by Gasteiger charge is -2.36. The van der Waals surface area contributed by atoms with Gasteiger partial charge in [0.15, 0.2) is 0 Å². The highest BCUT2D eigenvalue weighted by Crippen LogP contribution is 2.36. The van der Waals surface area contributed by atoms with Crippen LogP contribution in [0.4, 0.5) is 18.9 Å². The number of halogens is 3. The zero-order valence-corrected chi connectivity index (χ0v) is 17.2. The summed E-state index contributed by atoms with van der Waals surface area (Å²) in [4.78, 5) is 8.91. The molecule has 1 fully saturated rings. The minimum atomic E-state index is -4.43. The molecule has 0 spiro atoms. The minimum absolute atomic E-state index is 0.205. The molecule has 3 aromatic rings. The molecule has 1 aliphatic heterocycles. The standard InChI is InChI=1S/C22H26F3N5/c1-16(29-10-8-28(2)9-11-29)14-26-19-12-17(22(23,24)25)13-20-21(19)30(15-27-20)18-6-4-3-5-7-18/h3-7,12-13,15-16,26H,8-11,14H2,1-2H3. The summed E-state index contributed by atoms with van der Waals surface area (Å²) < 4.78 is 42.3. The Bertz CT molecular complexity index is 991. The number of fused-ring (bicyclic) bond motifs is 1. The highest BCUT2D eigenvalue weighted by atomic mass is 19.4. The molecule has 0 radical (unpaired) electrons. The zero-order valence-electron chi connectivity index (χ0n) is 17.2. The number of nitrogens with zero attached hydrogens (tertiary/aromatic N) is 4. The Balaban J connectivity index is 1.66. The van der Waals surface area contributed by atoms with Gasteiger partial charge in [-0.1, -0.05) is 18.2 Å². The van der Waals surface area contributed by atoms with Gasteiger partial charge >= 0.3 is 6.18 Å². The predicted octanol–water partition coefficient (Wildman–Crippen LogP) is 4.09. The van der Waals surface area contributed by atoms with Gasteiger partial charge in [0, 0.05) is 44.5 Å². The molecule has 2 heterocycles. The first-order chi connectivity index (χ1) is 14.3. The van der Waals surface area contributed by atoms with Crippen LogP contribution in [0.1, 0.15) is 12.5 Å². The Morgan fingerprint density at radius 2 is 1.77 bits per heavy atom. The molecule has 5 nitrogen and oxygen atoms in total. The number of para-hydroxylation sites is 1. The topological polar surface area (TPSA) is 36.3 Å². The Kier molecular flexibility index (Phi) is 5.71. The molecule has 0 bridgehead atoms. The Labute approximate surface area is 174 Å². The monoisotopic (exact) mass is 417 g/mol. The number of nitrogens with one attached hydrogen (secondary N) is 1. The number of anilines is 1. The molecule has 1 saturated heterocycles. The Hall–Kier alpha value is -2.58. The molecule has 0 amide bonds. The first-order valence-corrected chi connectivity index (χ1v) is 10.1. The zero-order chi connectivity index (χ0) is 21.3. The maximum Gasteiger partial charge on any atom is 0.416 e. The van der Waals surface area contributed by atoms with E-state index in [0.717, 1.165) is 37.9 Å². The molecule has 0 aliphatic carbocycles. The van der Waals surface area contributed by atoms with Gasteiger partial charge < -0.3 is 10.2 Å². The van der Waals surface area contributed by atoms with Gasteiger partial charge in [0.05, 0.1) is 22.3 Å². The number of hydrogen-bond acceptors (Lipinski definition) is 4. The van der Waals surface area contributed by atoms with Crippen LogP contribution in [0.25, 0.3) is 16.7 Å². The molecule has 160 valence electrons. The van der Waals surface area contributed by atoms with Crippen molar-refractivity contribution in [3.05, 3.63) is 54.4 Å². The summed E-state index contributed by atoms with van der Waals surface area (Å²) in [5.74, 6) is 0. The van der Waals surface area contributed by atoms with Crippen molar-refractivity contribution in [1.82, 2.24) is 19.4 Å². The molecule has 8 heteroatoms. The third-order valence-corrected chi connectivity index (χ3v) is 5.75. The summed E-state index contributed by atoms with van der Waals surface area (Å²) in [5.41, 5.74) is 1.59. The number of benzene rings is 2. The minimum Gasteiger partial charge on any atom is -0.382 e. The normalized spacial score (nSPS) is 17.4. The number of rotatable bonds is 5. The molecule has 1 aliphatic rings. The first kappa shape index (κ1) is 20.7. The van der Waals surface area contributed by atoms with Crippen molar-refractivity contribution < 1.29 is 13.2 Å².